The Morgan fingerprint density at radius 3 is 2.48 bits per heavy atom. The van der Waals surface area contributed by atoms with E-state index in [0.717, 1.165) is 16.4 Å². The van der Waals surface area contributed by atoms with E-state index < -0.39 is 24.1 Å². The van der Waals surface area contributed by atoms with E-state index in [4.69, 9.17) is 9.47 Å². The highest BCUT2D eigenvalue weighted by Crippen LogP contribution is 2.35. The van der Waals surface area contributed by atoms with Crippen LogP contribution in [0.5, 0.6) is 5.75 Å². The molecule has 1 aliphatic heterocycles. The van der Waals surface area contributed by atoms with Crippen molar-refractivity contribution in [1.29, 1.82) is 0 Å². The SMILES string of the molecule is Cc1ccc(Nc2cc3ncn(-c4ccc(C(F)F)c(-n5nc(C(F)F)cc5C)n4)c3cc2OC2COC2)nn1. The summed E-state index contributed by atoms with van der Waals surface area (Å²) in [6.07, 6.45) is -4.42. The van der Waals surface area contributed by atoms with Gasteiger partial charge in [0.2, 0.25) is 0 Å². The van der Waals surface area contributed by atoms with Gasteiger partial charge >= 0.3 is 0 Å². The predicted molar refractivity (Wildman–Crippen MR) is 136 cm³/mol. The Balaban J connectivity index is 1.44. The number of ether oxygens (including phenoxy) is 2. The summed E-state index contributed by atoms with van der Waals surface area (Å²) >= 11 is 0. The summed E-state index contributed by atoms with van der Waals surface area (Å²) in [7, 11) is 0. The Bertz CT molecular complexity index is 1680. The Labute approximate surface area is 224 Å². The van der Waals surface area contributed by atoms with E-state index in [0.29, 0.717) is 41.5 Å². The average Bonchev–Trinajstić information content (AvgIpc) is 3.50. The zero-order valence-corrected chi connectivity index (χ0v) is 21.2. The largest absolute Gasteiger partial charge is 0.483 e. The van der Waals surface area contributed by atoms with Crippen LogP contribution in [0.1, 0.15) is 35.5 Å². The summed E-state index contributed by atoms with van der Waals surface area (Å²) in [6.45, 7) is 4.20. The second kappa shape index (κ2) is 10.2. The first-order chi connectivity index (χ1) is 19.3. The molecule has 0 aliphatic carbocycles. The van der Waals surface area contributed by atoms with Crippen LogP contribution in [0.15, 0.2) is 48.8 Å². The molecular weight excluding hydrogens is 532 g/mol. The molecule has 0 saturated carbocycles. The summed E-state index contributed by atoms with van der Waals surface area (Å²) < 4.78 is 68.3. The first-order valence-electron chi connectivity index (χ1n) is 12.2. The topological polar surface area (TPSA) is 105 Å². The molecule has 0 radical (unpaired) electrons. The number of rotatable bonds is 8. The molecule has 4 aromatic heterocycles. The maximum atomic E-state index is 13.9. The molecule has 10 nitrogen and oxygen atoms in total. The second-order valence-electron chi connectivity index (χ2n) is 9.22. The van der Waals surface area contributed by atoms with Gasteiger partial charge in [-0.2, -0.15) is 10.2 Å². The molecule has 0 atom stereocenters. The maximum absolute atomic E-state index is 13.9. The molecule has 1 N–H and O–H groups in total. The maximum Gasteiger partial charge on any atom is 0.282 e. The van der Waals surface area contributed by atoms with Gasteiger partial charge in [0.15, 0.2) is 11.6 Å². The molecule has 1 aliphatic rings. The van der Waals surface area contributed by atoms with Gasteiger partial charge in [0.1, 0.15) is 29.7 Å². The molecule has 1 saturated heterocycles. The van der Waals surface area contributed by atoms with Crippen molar-refractivity contribution < 1.29 is 27.0 Å². The molecule has 5 aromatic rings. The minimum absolute atomic E-state index is 0.152. The minimum atomic E-state index is -2.90. The fourth-order valence-electron chi connectivity index (χ4n) is 4.22. The van der Waals surface area contributed by atoms with Crippen LogP contribution in [-0.2, 0) is 4.74 Å². The van der Waals surface area contributed by atoms with Crippen LogP contribution >= 0.6 is 0 Å². The van der Waals surface area contributed by atoms with Crippen LogP contribution in [0.4, 0.5) is 29.1 Å². The predicted octanol–water partition coefficient (Wildman–Crippen LogP) is 5.41. The number of hydrogen-bond acceptors (Lipinski definition) is 8. The molecule has 0 unspecified atom stereocenters. The highest BCUT2D eigenvalue weighted by atomic mass is 19.3. The third-order valence-electron chi connectivity index (χ3n) is 6.31. The molecule has 0 spiro atoms. The number of nitrogens with zero attached hydrogens (tertiary/aromatic N) is 7. The van der Waals surface area contributed by atoms with E-state index in [-0.39, 0.29) is 23.4 Å². The molecule has 40 heavy (non-hydrogen) atoms. The fraction of sp³-hybridized carbons (Fsp3) is 0.269. The van der Waals surface area contributed by atoms with Crippen molar-refractivity contribution in [2.45, 2.75) is 32.8 Å². The van der Waals surface area contributed by atoms with Crippen molar-refractivity contribution >= 4 is 22.5 Å². The smallest absolute Gasteiger partial charge is 0.282 e. The van der Waals surface area contributed by atoms with Crippen molar-refractivity contribution in [2.24, 2.45) is 0 Å². The summed E-state index contributed by atoms with van der Waals surface area (Å²) in [5.74, 6) is 0.973. The lowest BCUT2D eigenvalue weighted by atomic mass is 10.2. The van der Waals surface area contributed by atoms with Crippen molar-refractivity contribution in [3.05, 3.63) is 71.4 Å². The van der Waals surface area contributed by atoms with Crippen LogP contribution in [0.25, 0.3) is 22.7 Å². The van der Waals surface area contributed by atoms with Gasteiger partial charge in [-0.15, -0.1) is 5.10 Å². The van der Waals surface area contributed by atoms with Crippen molar-refractivity contribution in [3.63, 3.8) is 0 Å². The molecule has 0 bridgehead atoms. The number of halogens is 4. The number of nitrogens with one attached hydrogen (secondary N) is 1. The lowest BCUT2D eigenvalue weighted by Gasteiger charge is -2.27. The lowest BCUT2D eigenvalue weighted by molar-refractivity contribution is -0.0793. The van der Waals surface area contributed by atoms with Crippen molar-refractivity contribution in [1.82, 2.24) is 34.5 Å². The average molecular weight is 555 g/mol. The zero-order valence-electron chi connectivity index (χ0n) is 21.2. The first-order valence-corrected chi connectivity index (χ1v) is 12.2. The summed E-state index contributed by atoms with van der Waals surface area (Å²) in [4.78, 5) is 8.88. The molecule has 206 valence electrons. The number of benzene rings is 1. The third kappa shape index (κ3) is 4.81. The van der Waals surface area contributed by atoms with E-state index in [9.17, 15) is 17.6 Å². The van der Waals surface area contributed by atoms with Gasteiger partial charge in [0.05, 0.1) is 41.2 Å². The highest BCUT2D eigenvalue weighted by molar-refractivity contribution is 5.86. The standard InChI is InChI=1S/C26H22F4N8O2/c1-13-3-5-22(35-34-13)32-18-8-17-20(9-21(18)40-15-10-39-11-15)37(12-31-17)23-6-4-16(24(27)28)26(33-23)38-14(2)7-19(36-38)25(29)30/h3-9,12,15,24-25H,10-11H2,1-2H3,(H,32,35). The van der Waals surface area contributed by atoms with E-state index in [1.165, 1.54) is 25.4 Å². The Kier molecular flexibility index (Phi) is 6.54. The van der Waals surface area contributed by atoms with Gasteiger partial charge in [-0.25, -0.2) is 32.2 Å². The zero-order chi connectivity index (χ0) is 28.0. The van der Waals surface area contributed by atoms with Gasteiger partial charge < -0.3 is 14.8 Å². The normalized spacial score (nSPS) is 13.8. The molecule has 1 fully saturated rings. The van der Waals surface area contributed by atoms with E-state index >= 15 is 0 Å². The number of imidazole rings is 1. The number of pyridine rings is 1. The molecule has 14 heteroatoms. The first kappa shape index (κ1) is 25.7. The van der Waals surface area contributed by atoms with Gasteiger partial charge in [-0.1, -0.05) is 0 Å². The van der Waals surface area contributed by atoms with Crippen molar-refractivity contribution in [3.8, 4) is 17.4 Å². The van der Waals surface area contributed by atoms with Gasteiger partial charge in [-0.05, 0) is 50.2 Å². The monoisotopic (exact) mass is 554 g/mol. The van der Waals surface area contributed by atoms with Crippen LogP contribution in [-0.4, -0.2) is 53.8 Å². The summed E-state index contributed by atoms with van der Waals surface area (Å²) in [5, 5.41) is 15.2. The second-order valence-corrected chi connectivity index (χ2v) is 9.22. The minimum Gasteiger partial charge on any atom is -0.483 e. The highest BCUT2D eigenvalue weighted by Gasteiger charge is 2.24. The van der Waals surface area contributed by atoms with Crippen LogP contribution in [0.3, 0.4) is 0 Å². The van der Waals surface area contributed by atoms with Crippen LogP contribution in [0.2, 0.25) is 0 Å². The molecular formula is C26H22F4N8O2. The van der Waals surface area contributed by atoms with Crippen LogP contribution in [0, 0.1) is 13.8 Å². The number of fused-ring (bicyclic) bond motifs is 1. The Hall–Kier alpha value is -4.59. The number of aryl methyl sites for hydroxylation is 2. The molecule has 5 heterocycles. The summed E-state index contributed by atoms with van der Waals surface area (Å²) in [6, 6.07) is 10.9. The number of aromatic nitrogens is 7. The van der Waals surface area contributed by atoms with Crippen LogP contribution < -0.4 is 10.1 Å². The molecule has 6 rings (SSSR count). The fourth-order valence-corrected chi connectivity index (χ4v) is 4.22. The van der Waals surface area contributed by atoms with E-state index in [1.807, 2.05) is 13.0 Å². The van der Waals surface area contributed by atoms with Gasteiger partial charge in [0.25, 0.3) is 12.9 Å². The quantitative estimate of drug-likeness (QED) is 0.254. The van der Waals surface area contributed by atoms with Crippen molar-refractivity contribution in [2.75, 3.05) is 18.5 Å². The molecule has 1 aromatic carbocycles. The lowest BCUT2D eigenvalue weighted by Crippen LogP contribution is -2.38. The van der Waals surface area contributed by atoms with Gasteiger partial charge in [0, 0.05) is 11.8 Å². The third-order valence-corrected chi connectivity index (χ3v) is 6.31. The summed E-state index contributed by atoms with van der Waals surface area (Å²) in [5.41, 5.74) is 1.75. The van der Waals surface area contributed by atoms with E-state index in [1.54, 1.807) is 22.8 Å². The van der Waals surface area contributed by atoms with E-state index in [2.05, 4.69) is 30.6 Å². The Morgan fingerprint density at radius 1 is 1.00 bits per heavy atom. The number of anilines is 2. The Morgan fingerprint density at radius 2 is 1.82 bits per heavy atom. The number of alkyl halides is 4. The van der Waals surface area contributed by atoms with Gasteiger partial charge in [-0.3, -0.25) is 4.57 Å². The number of hydrogen-bond donors (Lipinski definition) is 1. The molecule has 0 amide bonds.